The number of benzene rings is 1. The summed E-state index contributed by atoms with van der Waals surface area (Å²) < 4.78 is 17.9. The quantitative estimate of drug-likeness (QED) is 0.738. The zero-order valence-corrected chi connectivity index (χ0v) is 7.74. The molecule has 2 rings (SSSR count). The zero-order chi connectivity index (χ0) is 9.97. The fourth-order valence-corrected chi connectivity index (χ4v) is 1.57. The molecule has 1 saturated heterocycles. The van der Waals surface area contributed by atoms with Gasteiger partial charge < -0.3 is 14.7 Å². The molecule has 0 saturated carbocycles. The van der Waals surface area contributed by atoms with E-state index >= 15 is 0 Å². The molecule has 1 aromatic rings. The third-order valence-electron chi connectivity index (χ3n) is 2.29. The van der Waals surface area contributed by atoms with E-state index < -0.39 is 5.82 Å². The molecule has 0 atom stereocenters. The smallest absolute Gasteiger partial charge is 0.141 e. The number of phenolic OH excluding ortho intramolecular Hbond substituents is 1. The molecule has 0 aliphatic carbocycles. The summed E-state index contributed by atoms with van der Waals surface area (Å²) in [4.78, 5) is 1.98. The highest BCUT2D eigenvalue weighted by Crippen LogP contribution is 2.28. The molecule has 0 spiro atoms. The van der Waals surface area contributed by atoms with Crippen molar-refractivity contribution >= 4 is 5.69 Å². The van der Waals surface area contributed by atoms with Crippen LogP contribution in [0, 0.1) is 5.82 Å². The maximum Gasteiger partial charge on any atom is 0.141 e. The first kappa shape index (κ1) is 9.27. The third kappa shape index (κ3) is 1.80. The van der Waals surface area contributed by atoms with E-state index in [4.69, 9.17) is 4.74 Å². The SMILES string of the molecule is Oc1cc(F)ccc1N1CCOCC1. The topological polar surface area (TPSA) is 32.7 Å². The van der Waals surface area contributed by atoms with Gasteiger partial charge in [0.2, 0.25) is 0 Å². The normalized spacial score (nSPS) is 17.1. The minimum Gasteiger partial charge on any atom is -0.506 e. The van der Waals surface area contributed by atoms with Crippen LogP contribution in [0.2, 0.25) is 0 Å². The Bertz CT molecular complexity index is 324. The van der Waals surface area contributed by atoms with E-state index in [9.17, 15) is 9.50 Å². The molecule has 1 aromatic carbocycles. The molecule has 76 valence electrons. The van der Waals surface area contributed by atoms with Crippen molar-refractivity contribution in [1.82, 2.24) is 0 Å². The summed E-state index contributed by atoms with van der Waals surface area (Å²) in [5.41, 5.74) is 0.676. The van der Waals surface area contributed by atoms with E-state index in [1.807, 2.05) is 4.90 Å². The number of rotatable bonds is 1. The Hall–Kier alpha value is -1.29. The number of hydrogen-bond acceptors (Lipinski definition) is 3. The molecule has 4 heteroatoms. The van der Waals surface area contributed by atoms with Gasteiger partial charge in [0.1, 0.15) is 11.6 Å². The number of nitrogens with zero attached hydrogens (tertiary/aromatic N) is 1. The van der Waals surface area contributed by atoms with Crippen molar-refractivity contribution in [2.75, 3.05) is 31.2 Å². The van der Waals surface area contributed by atoms with Crippen LogP contribution in [0.15, 0.2) is 18.2 Å². The monoisotopic (exact) mass is 197 g/mol. The number of anilines is 1. The summed E-state index contributed by atoms with van der Waals surface area (Å²) >= 11 is 0. The van der Waals surface area contributed by atoms with Gasteiger partial charge in [0.05, 0.1) is 18.9 Å². The minimum absolute atomic E-state index is 0.00750. The predicted octanol–water partition coefficient (Wildman–Crippen LogP) is 1.37. The van der Waals surface area contributed by atoms with Crippen molar-refractivity contribution in [3.8, 4) is 5.75 Å². The second-order valence-electron chi connectivity index (χ2n) is 3.23. The predicted molar refractivity (Wildman–Crippen MR) is 51.1 cm³/mol. The molecule has 0 amide bonds. The van der Waals surface area contributed by atoms with Crippen LogP contribution in [-0.2, 0) is 4.74 Å². The van der Waals surface area contributed by atoms with Crippen molar-refractivity contribution in [2.45, 2.75) is 0 Å². The fourth-order valence-electron chi connectivity index (χ4n) is 1.57. The van der Waals surface area contributed by atoms with Gasteiger partial charge >= 0.3 is 0 Å². The van der Waals surface area contributed by atoms with Gasteiger partial charge in [-0.05, 0) is 12.1 Å². The Morgan fingerprint density at radius 2 is 2.00 bits per heavy atom. The van der Waals surface area contributed by atoms with Crippen LogP contribution >= 0.6 is 0 Å². The van der Waals surface area contributed by atoms with E-state index in [0.717, 1.165) is 19.2 Å². The Morgan fingerprint density at radius 1 is 1.29 bits per heavy atom. The summed E-state index contributed by atoms with van der Waals surface area (Å²) in [6.07, 6.45) is 0. The number of phenols is 1. The number of hydrogen-bond donors (Lipinski definition) is 1. The first-order valence-corrected chi connectivity index (χ1v) is 4.58. The van der Waals surface area contributed by atoms with Crippen molar-refractivity contribution in [3.63, 3.8) is 0 Å². The molecule has 0 radical (unpaired) electrons. The lowest BCUT2D eigenvalue weighted by Crippen LogP contribution is -2.36. The highest BCUT2D eigenvalue weighted by atomic mass is 19.1. The first-order valence-electron chi connectivity index (χ1n) is 4.58. The fraction of sp³-hybridized carbons (Fsp3) is 0.400. The number of halogens is 1. The van der Waals surface area contributed by atoms with Crippen LogP contribution in [-0.4, -0.2) is 31.4 Å². The largest absolute Gasteiger partial charge is 0.506 e. The Balaban J connectivity index is 2.22. The van der Waals surface area contributed by atoms with Crippen molar-refractivity contribution in [1.29, 1.82) is 0 Å². The van der Waals surface area contributed by atoms with Crippen LogP contribution in [0.3, 0.4) is 0 Å². The maximum absolute atomic E-state index is 12.7. The second kappa shape index (κ2) is 3.84. The number of aromatic hydroxyl groups is 1. The molecule has 14 heavy (non-hydrogen) atoms. The van der Waals surface area contributed by atoms with Gasteiger partial charge in [-0.15, -0.1) is 0 Å². The van der Waals surface area contributed by atoms with Crippen molar-refractivity contribution in [2.24, 2.45) is 0 Å². The van der Waals surface area contributed by atoms with E-state index in [1.54, 1.807) is 6.07 Å². The second-order valence-corrected chi connectivity index (χ2v) is 3.23. The van der Waals surface area contributed by atoms with Gasteiger partial charge in [-0.2, -0.15) is 0 Å². The standard InChI is InChI=1S/C10H12FNO2/c11-8-1-2-9(10(13)7-8)12-3-5-14-6-4-12/h1-2,7,13H,3-6H2. The van der Waals surface area contributed by atoms with E-state index in [-0.39, 0.29) is 5.75 Å². The summed E-state index contributed by atoms with van der Waals surface area (Å²) in [5, 5.41) is 9.52. The van der Waals surface area contributed by atoms with E-state index in [1.165, 1.54) is 6.07 Å². The first-order chi connectivity index (χ1) is 6.77. The Morgan fingerprint density at radius 3 is 2.64 bits per heavy atom. The number of morpholine rings is 1. The maximum atomic E-state index is 12.7. The van der Waals surface area contributed by atoms with E-state index in [2.05, 4.69) is 0 Å². The number of ether oxygens (including phenoxy) is 1. The molecule has 0 unspecified atom stereocenters. The summed E-state index contributed by atoms with van der Waals surface area (Å²) in [6.45, 7) is 2.77. The molecule has 0 aromatic heterocycles. The van der Waals surface area contributed by atoms with Gasteiger partial charge in [-0.1, -0.05) is 0 Å². The van der Waals surface area contributed by atoms with Gasteiger partial charge in [0.15, 0.2) is 0 Å². The van der Waals surface area contributed by atoms with Gasteiger partial charge in [0.25, 0.3) is 0 Å². The molecule has 1 aliphatic heterocycles. The molecule has 1 fully saturated rings. The summed E-state index contributed by atoms with van der Waals surface area (Å²) in [6, 6.07) is 4.07. The average Bonchev–Trinajstić information content (AvgIpc) is 2.19. The lowest BCUT2D eigenvalue weighted by Gasteiger charge is -2.29. The van der Waals surface area contributed by atoms with Crippen LogP contribution in [0.4, 0.5) is 10.1 Å². The molecule has 1 aliphatic rings. The van der Waals surface area contributed by atoms with Crippen LogP contribution in [0.25, 0.3) is 0 Å². The molecular weight excluding hydrogens is 185 g/mol. The van der Waals surface area contributed by atoms with Crippen LogP contribution in [0.1, 0.15) is 0 Å². The van der Waals surface area contributed by atoms with Gasteiger partial charge in [0, 0.05) is 19.2 Å². The summed E-state index contributed by atoms with van der Waals surface area (Å²) in [7, 11) is 0. The van der Waals surface area contributed by atoms with Gasteiger partial charge in [-0.25, -0.2) is 4.39 Å². The lowest BCUT2D eigenvalue weighted by molar-refractivity contribution is 0.122. The molecule has 0 bridgehead atoms. The zero-order valence-electron chi connectivity index (χ0n) is 7.74. The molecule has 1 N–H and O–H groups in total. The van der Waals surface area contributed by atoms with Crippen molar-refractivity contribution in [3.05, 3.63) is 24.0 Å². The Labute approximate surface area is 81.7 Å². The molecule has 1 heterocycles. The van der Waals surface area contributed by atoms with Gasteiger partial charge in [-0.3, -0.25) is 0 Å². The van der Waals surface area contributed by atoms with E-state index in [0.29, 0.717) is 18.9 Å². The third-order valence-corrected chi connectivity index (χ3v) is 2.29. The highest BCUT2D eigenvalue weighted by molar-refractivity contribution is 5.57. The Kier molecular flexibility index (Phi) is 2.54. The van der Waals surface area contributed by atoms with Crippen LogP contribution < -0.4 is 4.90 Å². The summed E-state index contributed by atoms with van der Waals surface area (Å²) in [5.74, 6) is -0.425. The van der Waals surface area contributed by atoms with Crippen LogP contribution in [0.5, 0.6) is 5.75 Å². The van der Waals surface area contributed by atoms with Crippen molar-refractivity contribution < 1.29 is 14.2 Å². The molecular formula is C10H12FNO2. The lowest BCUT2D eigenvalue weighted by atomic mass is 10.2. The highest BCUT2D eigenvalue weighted by Gasteiger charge is 2.14. The molecule has 3 nitrogen and oxygen atoms in total. The minimum atomic E-state index is -0.417. The average molecular weight is 197 g/mol.